The first kappa shape index (κ1) is 19.8. The van der Waals surface area contributed by atoms with Crippen molar-refractivity contribution in [2.24, 2.45) is 0 Å². The van der Waals surface area contributed by atoms with Gasteiger partial charge in [0.05, 0.1) is 11.6 Å². The maximum atomic E-state index is 13.8. The summed E-state index contributed by atoms with van der Waals surface area (Å²) in [5, 5.41) is 0. The number of alkyl halides is 3. The number of rotatable bonds is 3. The van der Waals surface area contributed by atoms with Gasteiger partial charge in [-0.25, -0.2) is 0 Å². The van der Waals surface area contributed by atoms with Gasteiger partial charge in [-0.15, -0.1) is 0 Å². The number of nitrogens with zero attached hydrogens (tertiary/aromatic N) is 2. The Balaban J connectivity index is 1.82. The number of fused-ring (bicyclic) bond motifs is 1. The summed E-state index contributed by atoms with van der Waals surface area (Å²) in [7, 11) is 0. The molecule has 5 heteroatoms. The number of benzene rings is 2. The zero-order valence-electron chi connectivity index (χ0n) is 16.7. The first-order valence-electron chi connectivity index (χ1n) is 9.96. The molecular formula is C24H25F3N2. The van der Waals surface area contributed by atoms with Crippen LogP contribution >= 0.6 is 0 Å². The number of hydrogen-bond acceptors (Lipinski definition) is 1. The lowest BCUT2D eigenvalue weighted by atomic mass is 9.95. The zero-order chi connectivity index (χ0) is 20.6. The first-order chi connectivity index (χ1) is 13.8. The van der Waals surface area contributed by atoms with E-state index in [0.29, 0.717) is 12.1 Å². The molecule has 0 spiro atoms. The van der Waals surface area contributed by atoms with Crippen LogP contribution in [0, 0.1) is 13.8 Å². The van der Waals surface area contributed by atoms with Gasteiger partial charge in [0.15, 0.2) is 0 Å². The lowest BCUT2D eigenvalue weighted by molar-refractivity contribution is -0.138. The lowest BCUT2D eigenvalue weighted by Gasteiger charge is -2.32. The van der Waals surface area contributed by atoms with E-state index in [4.69, 9.17) is 0 Å². The molecule has 2 nitrogen and oxygen atoms in total. The Kier molecular flexibility index (Phi) is 5.26. The molecule has 0 radical (unpaired) electrons. The Morgan fingerprint density at radius 2 is 1.76 bits per heavy atom. The highest BCUT2D eigenvalue weighted by atomic mass is 19.4. The fraction of sp³-hybridized carbons (Fsp3) is 0.333. The quantitative estimate of drug-likeness (QED) is 0.516. The highest BCUT2D eigenvalue weighted by Crippen LogP contribution is 2.40. The largest absolute Gasteiger partial charge is 0.416 e. The van der Waals surface area contributed by atoms with E-state index < -0.39 is 17.8 Å². The maximum absolute atomic E-state index is 13.8. The minimum atomic E-state index is -4.38. The molecule has 2 heterocycles. The minimum Gasteiger partial charge on any atom is -0.350 e. The smallest absolute Gasteiger partial charge is 0.350 e. The predicted octanol–water partition coefficient (Wildman–Crippen LogP) is 6.12. The zero-order valence-corrected chi connectivity index (χ0v) is 16.7. The van der Waals surface area contributed by atoms with Gasteiger partial charge in [0.1, 0.15) is 0 Å². The van der Waals surface area contributed by atoms with Crippen LogP contribution in [0.3, 0.4) is 0 Å². The second-order valence-corrected chi connectivity index (χ2v) is 7.87. The van der Waals surface area contributed by atoms with Crippen LogP contribution in [0.15, 0.2) is 60.8 Å². The van der Waals surface area contributed by atoms with Gasteiger partial charge in [0.2, 0.25) is 0 Å². The molecule has 1 aromatic heterocycles. The predicted molar refractivity (Wildman–Crippen MR) is 109 cm³/mol. The molecule has 0 aliphatic carbocycles. The van der Waals surface area contributed by atoms with Crippen LogP contribution < -0.4 is 0 Å². The van der Waals surface area contributed by atoms with Crippen molar-refractivity contribution < 1.29 is 13.2 Å². The Morgan fingerprint density at radius 3 is 2.52 bits per heavy atom. The van der Waals surface area contributed by atoms with Gasteiger partial charge in [0, 0.05) is 31.5 Å². The lowest BCUT2D eigenvalue weighted by Crippen LogP contribution is -2.31. The van der Waals surface area contributed by atoms with Gasteiger partial charge in [-0.1, -0.05) is 42.0 Å². The monoisotopic (exact) mass is 398 g/mol. The SMILES string of the molecule is Cc1ccc(CN2CCCn3cccc3C2c2ccccc2C(F)(F)F)c(C)c1. The summed E-state index contributed by atoms with van der Waals surface area (Å²) < 4.78 is 43.6. The van der Waals surface area contributed by atoms with Crippen molar-refractivity contribution in [1.29, 1.82) is 0 Å². The number of halogens is 3. The first-order valence-corrected chi connectivity index (χ1v) is 9.96. The second kappa shape index (κ2) is 7.71. The van der Waals surface area contributed by atoms with Gasteiger partial charge in [-0.3, -0.25) is 4.90 Å². The van der Waals surface area contributed by atoms with E-state index >= 15 is 0 Å². The normalized spacial score (nSPS) is 17.8. The Morgan fingerprint density at radius 1 is 0.966 bits per heavy atom. The average Bonchev–Trinajstić information content (AvgIpc) is 3.05. The van der Waals surface area contributed by atoms with E-state index in [1.165, 1.54) is 23.3 Å². The van der Waals surface area contributed by atoms with Crippen molar-refractivity contribution in [2.45, 2.75) is 45.6 Å². The number of aromatic nitrogens is 1. The molecule has 0 N–H and O–H groups in total. The summed E-state index contributed by atoms with van der Waals surface area (Å²) in [6.07, 6.45) is -1.51. The molecule has 4 rings (SSSR count). The van der Waals surface area contributed by atoms with E-state index in [2.05, 4.69) is 41.5 Å². The molecule has 3 aromatic rings. The Labute approximate surface area is 169 Å². The van der Waals surface area contributed by atoms with Gasteiger partial charge < -0.3 is 4.57 Å². The molecule has 0 amide bonds. The third kappa shape index (κ3) is 3.97. The summed E-state index contributed by atoms with van der Waals surface area (Å²) in [5.74, 6) is 0. The summed E-state index contributed by atoms with van der Waals surface area (Å²) in [6.45, 7) is 6.30. The van der Waals surface area contributed by atoms with Gasteiger partial charge in [-0.05, 0) is 55.2 Å². The maximum Gasteiger partial charge on any atom is 0.416 e. The average molecular weight is 398 g/mol. The second-order valence-electron chi connectivity index (χ2n) is 7.87. The minimum absolute atomic E-state index is 0.326. The molecule has 0 bridgehead atoms. The van der Waals surface area contributed by atoms with Crippen molar-refractivity contribution in [3.8, 4) is 0 Å². The molecule has 0 saturated carbocycles. The molecule has 1 atom stereocenters. The van der Waals surface area contributed by atoms with E-state index in [0.717, 1.165) is 30.8 Å². The molecule has 29 heavy (non-hydrogen) atoms. The molecule has 0 fully saturated rings. The van der Waals surface area contributed by atoms with Crippen LogP contribution in [0.5, 0.6) is 0 Å². The van der Waals surface area contributed by atoms with Gasteiger partial charge in [0.25, 0.3) is 0 Å². The summed E-state index contributed by atoms with van der Waals surface area (Å²) in [6, 6.07) is 15.8. The molecular weight excluding hydrogens is 373 g/mol. The third-order valence-corrected chi connectivity index (χ3v) is 5.79. The third-order valence-electron chi connectivity index (χ3n) is 5.79. The van der Waals surface area contributed by atoms with Crippen molar-refractivity contribution in [3.63, 3.8) is 0 Å². The molecule has 2 aromatic carbocycles. The van der Waals surface area contributed by atoms with Crippen LogP contribution in [-0.2, 0) is 19.3 Å². The van der Waals surface area contributed by atoms with Crippen molar-refractivity contribution in [1.82, 2.24) is 9.47 Å². The highest BCUT2D eigenvalue weighted by Gasteiger charge is 2.38. The van der Waals surface area contributed by atoms with Gasteiger partial charge in [-0.2, -0.15) is 13.2 Å². The van der Waals surface area contributed by atoms with Crippen LogP contribution in [-0.4, -0.2) is 16.0 Å². The number of aryl methyl sites for hydroxylation is 3. The van der Waals surface area contributed by atoms with E-state index in [1.54, 1.807) is 12.1 Å². The highest BCUT2D eigenvalue weighted by molar-refractivity contribution is 5.39. The summed E-state index contributed by atoms with van der Waals surface area (Å²) in [4.78, 5) is 2.20. The Hall–Kier alpha value is -2.53. The fourth-order valence-electron chi connectivity index (χ4n) is 4.40. The van der Waals surface area contributed by atoms with Crippen molar-refractivity contribution >= 4 is 0 Å². The molecule has 1 unspecified atom stereocenters. The van der Waals surface area contributed by atoms with Crippen molar-refractivity contribution in [3.05, 3.63) is 94.3 Å². The van der Waals surface area contributed by atoms with Crippen LogP contribution in [0.2, 0.25) is 0 Å². The fourth-order valence-corrected chi connectivity index (χ4v) is 4.40. The van der Waals surface area contributed by atoms with Crippen LogP contribution in [0.1, 0.15) is 46.0 Å². The summed E-state index contributed by atoms with van der Waals surface area (Å²) in [5.41, 5.74) is 4.22. The van der Waals surface area contributed by atoms with E-state index in [9.17, 15) is 13.2 Å². The van der Waals surface area contributed by atoms with E-state index in [-0.39, 0.29) is 0 Å². The van der Waals surface area contributed by atoms with Crippen LogP contribution in [0.25, 0.3) is 0 Å². The van der Waals surface area contributed by atoms with Crippen LogP contribution in [0.4, 0.5) is 13.2 Å². The summed E-state index contributed by atoms with van der Waals surface area (Å²) >= 11 is 0. The standard InChI is InChI=1S/C24H25F3N2/c1-17-10-11-19(18(2)15-17)16-29-14-6-13-28-12-5-9-22(28)23(29)20-7-3-4-8-21(20)24(25,26)27/h3-5,7-12,15,23H,6,13-14,16H2,1-2H3. The molecule has 0 saturated heterocycles. The Bertz CT molecular complexity index is 1000. The van der Waals surface area contributed by atoms with Crippen molar-refractivity contribution in [2.75, 3.05) is 6.54 Å². The van der Waals surface area contributed by atoms with Gasteiger partial charge >= 0.3 is 6.18 Å². The number of hydrogen-bond donors (Lipinski definition) is 0. The topological polar surface area (TPSA) is 8.17 Å². The molecule has 1 aliphatic heterocycles. The van der Waals surface area contributed by atoms with E-state index in [1.807, 2.05) is 18.3 Å². The molecule has 152 valence electrons. The molecule has 1 aliphatic rings.